The van der Waals surface area contributed by atoms with Gasteiger partial charge in [-0.25, -0.2) is 0 Å². The van der Waals surface area contributed by atoms with Crippen LogP contribution in [0.15, 0.2) is 30.3 Å². The Morgan fingerprint density at radius 2 is 2.00 bits per heavy atom. The molecule has 1 aromatic carbocycles. The van der Waals surface area contributed by atoms with E-state index in [1.54, 1.807) is 0 Å². The SMILES string of the molecule is CC1CN(C2CCCC2(C)O)CCN1Cc1ccccc1. The number of piperazine rings is 1. The van der Waals surface area contributed by atoms with Crippen LogP contribution in [0, 0.1) is 0 Å². The number of rotatable bonds is 3. The summed E-state index contributed by atoms with van der Waals surface area (Å²) >= 11 is 0. The van der Waals surface area contributed by atoms with Gasteiger partial charge in [0.1, 0.15) is 0 Å². The molecule has 3 nitrogen and oxygen atoms in total. The van der Waals surface area contributed by atoms with Crippen molar-refractivity contribution in [3.8, 4) is 0 Å². The second kappa shape index (κ2) is 6.07. The Morgan fingerprint density at radius 1 is 1.24 bits per heavy atom. The predicted octanol–water partition coefficient (Wildman–Crippen LogP) is 2.50. The molecule has 1 saturated carbocycles. The lowest BCUT2D eigenvalue weighted by molar-refractivity contribution is -0.0410. The fraction of sp³-hybridized carbons (Fsp3) is 0.667. The van der Waals surface area contributed by atoms with Gasteiger partial charge in [-0.1, -0.05) is 30.3 Å². The van der Waals surface area contributed by atoms with Crippen molar-refractivity contribution in [3.63, 3.8) is 0 Å². The maximum atomic E-state index is 10.5. The first-order chi connectivity index (χ1) is 10.1. The summed E-state index contributed by atoms with van der Waals surface area (Å²) in [4.78, 5) is 5.09. The van der Waals surface area contributed by atoms with Crippen LogP contribution in [0.5, 0.6) is 0 Å². The third-order valence-electron chi connectivity index (χ3n) is 5.34. The van der Waals surface area contributed by atoms with Gasteiger partial charge in [-0.15, -0.1) is 0 Å². The van der Waals surface area contributed by atoms with E-state index in [4.69, 9.17) is 0 Å². The highest BCUT2D eigenvalue weighted by molar-refractivity contribution is 5.14. The molecular formula is C18H28N2O. The molecule has 1 N–H and O–H groups in total. The monoisotopic (exact) mass is 288 g/mol. The molecule has 0 bridgehead atoms. The third kappa shape index (κ3) is 3.31. The molecule has 1 aliphatic carbocycles. The summed E-state index contributed by atoms with van der Waals surface area (Å²) in [6, 6.07) is 11.6. The van der Waals surface area contributed by atoms with Crippen LogP contribution in [-0.4, -0.2) is 52.2 Å². The molecule has 21 heavy (non-hydrogen) atoms. The molecular weight excluding hydrogens is 260 g/mol. The quantitative estimate of drug-likeness (QED) is 0.926. The van der Waals surface area contributed by atoms with Crippen LogP contribution < -0.4 is 0 Å². The first-order valence-electron chi connectivity index (χ1n) is 8.31. The van der Waals surface area contributed by atoms with E-state index in [0.29, 0.717) is 12.1 Å². The van der Waals surface area contributed by atoms with Crippen molar-refractivity contribution >= 4 is 0 Å². The molecule has 0 aromatic heterocycles. The Hall–Kier alpha value is -0.900. The van der Waals surface area contributed by atoms with Gasteiger partial charge in [0, 0.05) is 38.3 Å². The van der Waals surface area contributed by atoms with Crippen LogP contribution in [-0.2, 0) is 6.54 Å². The second-order valence-electron chi connectivity index (χ2n) is 7.07. The molecule has 1 aromatic rings. The highest BCUT2D eigenvalue weighted by Crippen LogP contribution is 2.34. The van der Waals surface area contributed by atoms with Crippen molar-refractivity contribution < 1.29 is 5.11 Å². The molecule has 0 radical (unpaired) electrons. The van der Waals surface area contributed by atoms with Gasteiger partial charge < -0.3 is 5.11 Å². The summed E-state index contributed by atoms with van der Waals surface area (Å²) < 4.78 is 0. The van der Waals surface area contributed by atoms with Crippen molar-refractivity contribution in [2.45, 2.75) is 57.3 Å². The lowest BCUT2D eigenvalue weighted by Crippen LogP contribution is -2.58. The van der Waals surface area contributed by atoms with Crippen LogP contribution in [0.3, 0.4) is 0 Å². The fourth-order valence-electron chi connectivity index (χ4n) is 4.07. The van der Waals surface area contributed by atoms with E-state index in [0.717, 1.165) is 45.4 Å². The minimum atomic E-state index is -0.485. The van der Waals surface area contributed by atoms with Crippen LogP contribution in [0.25, 0.3) is 0 Å². The summed E-state index contributed by atoms with van der Waals surface area (Å²) in [6.07, 6.45) is 3.27. The summed E-state index contributed by atoms with van der Waals surface area (Å²) in [7, 11) is 0. The fourth-order valence-corrected chi connectivity index (χ4v) is 4.07. The lowest BCUT2D eigenvalue weighted by Gasteiger charge is -2.45. The van der Waals surface area contributed by atoms with E-state index in [-0.39, 0.29) is 0 Å². The summed E-state index contributed by atoms with van der Waals surface area (Å²) in [5, 5.41) is 10.5. The zero-order chi connectivity index (χ0) is 14.9. The van der Waals surface area contributed by atoms with E-state index in [9.17, 15) is 5.11 Å². The van der Waals surface area contributed by atoms with Crippen LogP contribution >= 0.6 is 0 Å². The van der Waals surface area contributed by atoms with E-state index >= 15 is 0 Å². The summed E-state index contributed by atoms with van der Waals surface area (Å²) in [5.41, 5.74) is 0.909. The Kier molecular flexibility index (Phi) is 4.34. The van der Waals surface area contributed by atoms with Gasteiger partial charge in [-0.05, 0) is 38.7 Å². The maximum Gasteiger partial charge on any atom is 0.0774 e. The van der Waals surface area contributed by atoms with Crippen molar-refractivity contribution in [2.75, 3.05) is 19.6 Å². The maximum absolute atomic E-state index is 10.5. The topological polar surface area (TPSA) is 26.7 Å². The Balaban J connectivity index is 1.59. The first kappa shape index (κ1) is 15.0. The van der Waals surface area contributed by atoms with Crippen molar-refractivity contribution in [2.24, 2.45) is 0 Å². The van der Waals surface area contributed by atoms with Gasteiger partial charge in [0.15, 0.2) is 0 Å². The summed E-state index contributed by atoms with van der Waals surface area (Å²) in [6.45, 7) is 8.63. The highest BCUT2D eigenvalue weighted by Gasteiger charge is 2.42. The van der Waals surface area contributed by atoms with Gasteiger partial charge in [-0.2, -0.15) is 0 Å². The number of hydrogen-bond donors (Lipinski definition) is 1. The van der Waals surface area contributed by atoms with E-state index in [1.165, 1.54) is 5.56 Å². The average Bonchev–Trinajstić information content (AvgIpc) is 2.82. The first-order valence-corrected chi connectivity index (χ1v) is 8.31. The molecule has 1 heterocycles. The van der Waals surface area contributed by atoms with Gasteiger partial charge in [0.25, 0.3) is 0 Å². The number of hydrogen-bond acceptors (Lipinski definition) is 3. The minimum Gasteiger partial charge on any atom is -0.389 e. The highest BCUT2D eigenvalue weighted by atomic mass is 16.3. The lowest BCUT2D eigenvalue weighted by atomic mass is 9.97. The molecule has 0 spiro atoms. The standard InChI is InChI=1S/C18H28N2O/c1-15-13-20(17-9-6-10-18(17,2)21)12-11-19(15)14-16-7-4-3-5-8-16/h3-5,7-8,15,17,21H,6,9-14H2,1-2H3. The zero-order valence-corrected chi connectivity index (χ0v) is 13.3. The smallest absolute Gasteiger partial charge is 0.0774 e. The molecule has 3 heteroatoms. The molecule has 3 rings (SSSR count). The van der Waals surface area contributed by atoms with Crippen LogP contribution in [0.2, 0.25) is 0 Å². The predicted molar refractivity (Wildman–Crippen MR) is 86.1 cm³/mol. The molecule has 1 saturated heterocycles. The normalized spacial score (nSPS) is 35.2. The molecule has 3 atom stereocenters. The molecule has 1 aliphatic heterocycles. The van der Waals surface area contributed by atoms with Gasteiger partial charge in [0.05, 0.1) is 5.60 Å². The minimum absolute atomic E-state index is 0.360. The van der Waals surface area contributed by atoms with Gasteiger partial charge >= 0.3 is 0 Å². The van der Waals surface area contributed by atoms with Crippen LogP contribution in [0.4, 0.5) is 0 Å². The van der Waals surface area contributed by atoms with Crippen LogP contribution in [0.1, 0.15) is 38.7 Å². The third-order valence-corrected chi connectivity index (χ3v) is 5.34. The zero-order valence-electron chi connectivity index (χ0n) is 13.3. The Bertz CT molecular complexity index is 460. The molecule has 3 unspecified atom stereocenters. The molecule has 0 amide bonds. The number of aliphatic hydroxyl groups is 1. The van der Waals surface area contributed by atoms with Crippen molar-refractivity contribution in [3.05, 3.63) is 35.9 Å². The number of benzene rings is 1. The van der Waals surface area contributed by atoms with Gasteiger partial charge in [0.2, 0.25) is 0 Å². The van der Waals surface area contributed by atoms with Gasteiger partial charge in [-0.3, -0.25) is 9.80 Å². The molecule has 2 aliphatic rings. The largest absolute Gasteiger partial charge is 0.389 e. The van der Waals surface area contributed by atoms with Crippen molar-refractivity contribution in [1.82, 2.24) is 9.80 Å². The average molecular weight is 288 g/mol. The Labute approximate surface area is 128 Å². The second-order valence-corrected chi connectivity index (χ2v) is 7.07. The number of nitrogens with zero attached hydrogens (tertiary/aromatic N) is 2. The van der Waals surface area contributed by atoms with E-state index in [1.807, 2.05) is 6.92 Å². The summed E-state index contributed by atoms with van der Waals surface area (Å²) in [5.74, 6) is 0. The molecule has 116 valence electrons. The Morgan fingerprint density at radius 3 is 2.62 bits per heavy atom. The van der Waals surface area contributed by atoms with E-state index in [2.05, 4.69) is 47.1 Å². The molecule has 2 fully saturated rings. The van der Waals surface area contributed by atoms with Crippen molar-refractivity contribution in [1.29, 1.82) is 0 Å². The van der Waals surface area contributed by atoms with E-state index < -0.39 is 5.60 Å².